The van der Waals surface area contributed by atoms with Crippen molar-refractivity contribution in [2.75, 3.05) is 19.6 Å². The second kappa shape index (κ2) is 5.78. The zero-order valence-electron chi connectivity index (χ0n) is 11.0. The lowest BCUT2D eigenvalue weighted by Crippen LogP contribution is -2.52. The van der Waals surface area contributed by atoms with Gasteiger partial charge in [0.05, 0.1) is 5.92 Å². The van der Waals surface area contributed by atoms with E-state index in [9.17, 15) is 13.2 Å². The number of likely N-dealkylation sites (N-methyl/N-ethyl adjacent to an activating group) is 1. The van der Waals surface area contributed by atoms with Crippen molar-refractivity contribution in [3.05, 3.63) is 0 Å². The van der Waals surface area contributed by atoms with E-state index >= 15 is 0 Å². The third-order valence-corrected chi connectivity index (χ3v) is 4.33. The molecule has 0 spiro atoms. The first-order valence-electron chi connectivity index (χ1n) is 7.06. The maximum absolute atomic E-state index is 12.8. The van der Waals surface area contributed by atoms with E-state index in [4.69, 9.17) is 0 Å². The minimum atomic E-state index is -4.02. The van der Waals surface area contributed by atoms with Crippen LogP contribution in [0.5, 0.6) is 0 Å². The van der Waals surface area contributed by atoms with Gasteiger partial charge in [0.2, 0.25) is 0 Å². The van der Waals surface area contributed by atoms with Crippen LogP contribution in [-0.2, 0) is 0 Å². The van der Waals surface area contributed by atoms with Crippen molar-refractivity contribution >= 4 is 0 Å². The fourth-order valence-corrected chi connectivity index (χ4v) is 3.45. The lowest BCUT2D eigenvalue weighted by molar-refractivity contribution is -0.188. The highest BCUT2D eigenvalue weighted by Gasteiger charge is 2.44. The van der Waals surface area contributed by atoms with Gasteiger partial charge in [-0.3, -0.25) is 4.90 Å². The van der Waals surface area contributed by atoms with E-state index in [1.165, 1.54) is 0 Å². The summed E-state index contributed by atoms with van der Waals surface area (Å²) in [5, 5.41) is 3.42. The largest absolute Gasteiger partial charge is 0.393 e. The summed E-state index contributed by atoms with van der Waals surface area (Å²) in [6, 6.07) is 0.706. The highest BCUT2D eigenvalue weighted by molar-refractivity contribution is 4.93. The zero-order chi connectivity index (χ0) is 13.2. The Bertz CT molecular complexity index is 267. The number of alkyl halides is 3. The van der Waals surface area contributed by atoms with Gasteiger partial charge >= 0.3 is 6.18 Å². The first-order valence-corrected chi connectivity index (χ1v) is 7.06. The maximum Gasteiger partial charge on any atom is 0.393 e. The highest BCUT2D eigenvalue weighted by atomic mass is 19.4. The van der Waals surface area contributed by atoms with Gasteiger partial charge in [-0.2, -0.15) is 13.2 Å². The van der Waals surface area contributed by atoms with Crippen molar-refractivity contribution in [2.45, 2.75) is 57.3 Å². The van der Waals surface area contributed by atoms with Gasteiger partial charge in [0.15, 0.2) is 0 Å². The van der Waals surface area contributed by atoms with E-state index in [0.717, 1.165) is 32.4 Å². The number of hydrogen-bond donors (Lipinski definition) is 1. The van der Waals surface area contributed by atoms with Gasteiger partial charge in [-0.25, -0.2) is 0 Å². The van der Waals surface area contributed by atoms with Gasteiger partial charge < -0.3 is 5.32 Å². The maximum atomic E-state index is 12.8. The molecule has 106 valence electrons. The molecule has 3 atom stereocenters. The van der Waals surface area contributed by atoms with Crippen molar-refractivity contribution < 1.29 is 13.2 Å². The lowest BCUT2D eigenvalue weighted by Gasteiger charge is -2.39. The molecule has 2 rings (SSSR count). The number of hydrogen-bond acceptors (Lipinski definition) is 2. The summed E-state index contributed by atoms with van der Waals surface area (Å²) in [5.41, 5.74) is 0. The van der Waals surface area contributed by atoms with Gasteiger partial charge in [0, 0.05) is 18.6 Å². The van der Waals surface area contributed by atoms with E-state index in [-0.39, 0.29) is 6.54 Å². The van der Waals surface area contributed by atoms with Crippen LogP contribution in [0.4, 0.5) is 13.2 Å². The first kappa shape index (κ1) is 14.1. The Morgan fingerprint density at radius 2 is 1.94 bits per heavy atom. The van der Waals surface area contributed by atoms with E-state index in [1.807, 2.05) is 0 Å². The van der Waals surface area contributed by atoms with Crippen molar-refractivity contribution in [3.8, 4) is 0 Å². The Morgan fingerprint density at radius 3 is 2.61 bits per heavy atom. The number of rotatable bonds is 3. The van der Waals surface area contributed by atoms with E-state index in [2.05, 4.69) is 17.1 Å². The summed E-state index contributed by atoms with van der Waals surface area (Å²) in [6.45, 7) is 4.00. The number of halogens is 3. The van der Waals surface area contributed by atoms with Crippen LogP contribution in [0.2, 0.25) is 0 Å². The fraction of sp³-hybridized carbons (Fsp3) is 1.00. The van der Waals surface area contributed by atoms with Crippen LogP contribution in [0, 0.1) is 5.92 Å². The van der Waals surface area contributed by atoms with E-state index in [0.29, 0.717) is 24.9 Å². The minimum absolute atomic E-state index is 0.204. The molecule has 1 aliphatic carbocycles. The average Bonchev–Trinajstić information content (AvgIpc) is 2.77. The number of piperidine rings is 1. The molecule has 0 amide bonds. The molecule has 2 nitrogen and oxygen atoms in total. The summed E-state index contributed by atoms with van der Waals surface area (Å²) >= 11 is 0. The van der Waals surface area contributed by atoms with E-state index < -0.39 is 12.1 Å². The molecular weight excluding hydrogens is 241 g/mol. The highest BCUT2D eigenvalue weighted by Crippen LogP contribution is 2.36. The molecule has 1 N–H and O–H groups in total. The molecule has 0 aromatic rings. The van der Waals surface area contributed by atoms with Crippen LogP contribution < -0.4 is 5.32 Å². The normalized spacial score (nSPS) is 35.0. The number of nitrogens with one attached hydrogen (secondary N) is 1. The molecule has 5 heteroatoms. The second-order valence-electron chi connectivity index (χ2n) is 5.54. The van der Waals surface area contributed by atoms with Crippen LogP contribution >= 0.6 is 0 Å². The van der Waals surface area contributed by atoms with Crippen LogP contribution in [0.1, 0.15) is 39.0 Å². The Morgan fingerprint density at radius 1 is 1.17 bits per heavy atom. The topological polar surface area (TPSA) is 15.3 Å². The minimum Gasteiger partial charge on any atom is -0.313 e. The summed E-state index contributed by atoms with van der Waals surface area (Å²) in [6.07, 6.45) is 0.243. The van der Waals surface area contributed by atoms with E-state index in [1.54, 1.807) is 0 Å². The monoisotopic (exact) mass is 264 g/mol. The third-order valence-electron chi connectivity index (χ3n) is 4.33. The van der Waals surface area contributed by atoms with Gasteiger partial charge in [0.1, 0.15) is 0 Å². The summed E-state index contributed by atoms with van der Waals surface area (Å²) < 4.78 is 38.4. The van der Waals surface area contributed by atoms with Crippen LogP contribution in [-0.4, -0.2) is 42.8 Å². The molecule has 1 aliphatic heterocycles. The molecular formula is C13H23F3N2. The fourth-order valence-electron chi connectivity index (χ4n) is 3.45. The first-order chi connectivity index (χ1) is 8.52. The molecule has 1 saturated heterocycles. The number of likely N-dealkylation sites (tertiary alicyclic amines) is 1. The Hall–Kier alpha value is -0.290. The molecule has 0 radical (unpaired) electrons. The Balaban J connectivity index is 1.96. The van der Waals surface area contributed by atoms with Gasteiger partial charge in [-0.15, -0.1) is 0 Å². The smallest absolute Gasteiger partial charge is 0.313 e. The molecule has 0 aromatic heterocycles. The van der Waals surface area contributed by atoms with Gasteiger partial charge in [-0.1, -0.05) is 13.3 Å². The summed E-state index contributed by atoms with van der Waals surface area (Å²) in [7, 11) is 0. The quantitative estimate of drug-likeness (QED) is 0.843. The van der Waals surface area contributed by atoms with Gasteiger partial charge in [0.25, 0.3) is 0 Å². The predicted octanol–water partition coefficient (Wildman–Crippen LogP) is 2.79. The Labute approximate surface area is 107 Å². The third kappa shape index (κ3) is 3.18. The van der Waals surface area contributed by atoms with Crippen molar-refractivity contribution in [2.24, 2.45) is 5.92 Å². The SMILES string of the molecule is CCNC1CCCC1N1CCCC(C(F)(F)F)C1. The zero-order valence-corrected chi connectivity index (χ0v) is 11.0. The molecule has 0 bridgehead atoms. The molecule has 1 heterocycles. The Kier molecular flexibility index (Phi) is 4.54. The van der Waals surface area contributed by atoms with Crippen LogP contribution in [0.25, 0.3) is 0 Å². The molecule has 2 aliphatic rings. The lowest BCUT2D eigenvalue weighted by atomic mass is 9.95. The van der Waals surface area contributed by atoms with Crippen molar-refractivity contribution in [1.29, 1.82) is 0 Å². The summed E-state index contributed by atoms with van der Waals surface area (Å²) in [4.78, 5) is 2.09. The standard InChI is InChI=1S/C13H23F3N2/c1-2-17-11-6-3-7-12(11)18-8-4-5-10(9-18)13(14,15)16/h10-12,17H,2-9H2,1H3. The molecule has 2 fully saturated rings. The molecule has 0 aromatic carbocycles. The molecule has 18 heavy (non-hydrogen) atoms. The summed E-state index contributed by atoms with van der Waals surface area (Å²) in [5.74, 6) is -1.12. The number of nitrogens with zero attached hydrogens (tertiary/aromatic N) is 1. The van der Waals surface area contributed by atoms with Gasteiger partial charge in [-0.05, 0) is 38.8 Å². The average molecular weight is 264 g/mol. The van der Waals surface area contributed by atoms with Crippen molar-refractivity contribution in [1.82, 2.24) is 10.2 Å². The predicted molar refractivity (Wildman–Crippen MR) is 65.5 cm³/mol. The molecule has 1 saturated carbocycles. The van der Waals surface area contributed by atoms with Crippen molar-refractivity contribution in [3.63, 3.8) is 0 Å². The molecule has 3 unspecified atom stereocenters. The van der Waals surface area contributed by atoms with Crippen LogP contribution in [0.3, 0.4) is 0 Å². The van der Waals surface area contributed by atoms with Crippen LogP contribution in [0.15, 0.2) is 0 Å². The second-order valence-corrected chi connectivity index (χ2v) is 5.54.